The van der Waals surface area contributed by atoms with Crippen molar-refractivity contribution in [3.8, 4) is 0 Å². The van der Waals surface area contributed by atoms with Gasteiger partial charge in [-0.05, 0) is 49.8 Å². The van der Waals surface area contributed by atoms with Crippen LogP contribution in [-0.2, 0) is 4.79 Å². The van der Waals surface area contributed by atoms with Gasteiger partial charge in [-0.2, -0.15) is 11.8 Å². The molecule has 1 saturated heterocycles. The summed E-state index contributed by atoms with van der Waals surface area (Å²) in [5.41, 5.74) is 8.74. The molecule has 1 fully saturated rings. The van der Waals surface area contributed by atoms with E-state index < -0.39 is 0 Å². The normalized spacial score (nSPS) is 22.3. The minimum atomic E-state index is -0.351. The molecule has 1 aromatic rings. The molecular formula is C17H27ClN2OS. The number of thioether (sulfide) groups is 1. The third kappa shape index (κ3) is 4.40. The van der Waals surface area contributed by atoms with Crippen LogP contribution in [0, 0.1) is 6.92 Å². The highest BCUT2D eigenvalue weighted by molar-refractivity contribution is 7.98. The van der Waals surface area contributed by atoms with Gasteiger partial charge in [-0.3, -0.25) is 4.79 Å². The standard InChI is InChI=1S/C17H26N2OS.ClH/c1-12-6-4-5-7-15(12)14-10-13(2)19(11-14)17(20)16(18)8-9-21-3;/h4-7,13-14,16H,8-11,18H2,1-3H3;1H. The maximum atomic E-state index is 12.5. The summed E-state index contributed by atoms with van der Waals surface area (Å²) < 4.78 is 0. The number of rotatable bonds is 5. The molecule has 5 heteroatoms. The highest BCUT2D eigenvalue weighted by Gasteiger charge is 2.35. The first-order chi connectivity index (χ1) is 10.0. The fourth-order valence-corrected chi connectivity index (χ4v) is 3.68. The number of benzene rings is 1. The number of hydrogen-bond donors (Lipinski definition) is 1. The van der Waals surface area contributed by atoms with Crippen LogP contribution in [0.2, 0.25) is 0 Å². The smallest absolute Gasteiger partial charge is 0.239 e. The van der Waals surface area contributed by atoms with E-state index >= 15 is 0 Å². The number of carbonyl (C=O) groups excluding carboxylic acids is 1. The van der Waals surface area contributed by atoms with E-state index in [1.54, 1.807) is 11.8 Å². The molecule has 1 aliphatic rings. The lowest BCUT2D eigenvalue weighted by atomic mass is 9.93. The van der Waals surface area contributed by atoms with Gasteiger partial charge in [0.1, 0.15) is 0 Å². The predicted molar refractivity (Wildman–Crippen MR) is 97.9 cm³/mol. The highest BCUT2D eigenvalue weighted by atomic mass is 35.5. The molecule has 3 atom stereocenters. The van der Waals surface area contributed by atoms with E-state index in [2.05, 4.69) is 38.1 Å². The summed E-state index contributed by atoms with van der Waals surface area (Å²) in [5, 5.41) is 0. The van der Waals surface area contributed by atoms with Crippen molar-refractivity contribution < 1.29 is 4.79 Å². The van der Waals surface area contributed by atoms with Gasteiger partial charge in [0.15, 0.2) is 0 Å². The Morgan fingerprint density at radius 3 is 2.77 bits per heavy atom. The topological polar surface area (TPSA) is 46.3 Å². The van der Waals surface area contributed by atoms with Crippen molar-refractivity contribution in [2.45, 2.75) is 44.7 Å². The lowest BCUT2D eigenvalue weighted by Crippen LogP contribution is -2.45. The predicted octanol–water partition coefficient (Wildman–Crippen LogP) is 3.20. The molecule has 0 spiro atoms. The first-order valence-corrected chi connectivity index (χ1v) is 9.04. The van der Waals surface area contributed by atoms with Crippen molar-refractivity contribution in [1.82, 2.24) is 4.90 Å². The third-order valence-corrected chi connectivity index (χ3v) is 5.08. The van der Waals surface area contributed by atoms with Crippen LogP contribution in [0.3, 0.4) is 0 Å². The van der Waals surface area contributed by atoms with Gasteiger partial charge in [-0.1, -0.05) is 24.3 Å². The molecule has 2 N–H and O–H groups in total. The Kier molecular flexibility index (Phi) is 7.74. The van der Waals surface area contributed by atoms with E-state index in [0.29, 0.717) is 5.92 Å². The molecule has 0 aliphatic carbocycles. The number of aryl methyl sites for hydroxylation is 1. The Labute approximate surface area is 144 Å². The number of halogens is 1. The number of carbonyl (C=O) groups is 1. The Morgan fingerprint density at radius 1 is 1.45 bits per heavy atom. The summed E-state index contributed by atoms with van der Waals surface area (Å²) in [4.78, 5) is 14.5. The van der Waals surface area contributed by atoms with Crippen molar-refractivity contribution in [1.29, 1.82) is 0 Å². The Balaban J connectivity index is 0.00000242. The van der Waals surface area contributed by atoms with Crippen LogP contribution >= 0.6 is 24.2 Å². The second-order valence-corrected chi connectivity index (χ2v) is 7.00. The maximum absolute atomic E-state index is 12.5. The highest BCUT2D eigenvalue weighted by Crippen LogP contribution is 2.33. The van der Waals surface area contributed by atoms with E-state index in [1.165, 1.54) is 11.1 Å². The summed E-state index contributed by atoms with van der Waals surface area (Å²) in [6.07, 6.45) is 3.84. The van der Waals surface area contributed by atoms with Gasteiger partial charge in [-0.15, -0.1) is 12.4 Å². The molecule has 1 aromatic carbocycles. The zero-order valence-electron chi connectivity index (χ0n) is 13.6. The molecule has 0 bridgehead atoms. The summed E-state index contributed by atoms with van der Waals surface area (Å²) in [7, 11) is 0. The van der Waals surface area contributed by atoms with Gasteiger partial charge in [0.05, 0.1) is 6.04 Å². The first-order valence-electron chi connectivity index (χ1n) is 7.65. The van der Waals surface area contributed by atoms with Crippen LogP contribution in [0.4, 0.5) is 0 Å². The minimum absolute atomic E-state index is 0. The number of amides is 1. The molecule has 3 nitrogen and oxygen atoms in total. The molecule has 22 heavy (non-hydrogen) atoms. The van der Waals surface area contributed by atoms with Crippen molar-refractivity contribution in [2.75, 3.05) is 18.6 Å². The van der Waals surface area contributed by atoms with E-state index in [-0.39, 0.29) is 30.4 Å². The average Bonchev–Trinajstić information content (AvgIpc) is 2.86. The van der Waals surface area contributed by atoms with Gasteiger partial charge >= 0.3 is 0 Å². The first kappa shape index (κ1) is 19.3. The molecule has 2 rings (SSSR count). The SMILES string of the molecule is CSCCC(N)C(=O)N1CC(c2ccccc2C)CC1C.Cl. The summed E-state index contributed by atoms with van der Waals surface area (Å²) in [5.74, 6) is 1.50. The van der Waals surface area contributed by atoms with Gasteiger partial charge in [0.2, 0.25) is 5.91 Å². The van der Waals surface area contributed by atoms with Crippen molar-refractivity contribution in [2.24, 2.45) is 5.73 Å². The van der Waals surface area contributed by atoms with Gasteiger partial charge < -0.3 is 10.6 Å². The van der Waals surface area contributed by atoms with Crippen LogP contribution < -0.4 is 5.73 Å². The van der Waals surface area contributed by atoms with Gasteiger partial charge in [0, 0.05) is 18.5 Å². The molecule has 3 unspecified atom stereocenters. The molecular weight excluding hydrogens is 316 g/mol. The largest absolute Gasteiger partial charge is 0.338 e. The molecule has 1 aliphatic heterocycles. The fraction of sp³-hybridized carbons (Fsp3) is 0.588. The van der Waals surface area contributed by atoms with Gasteiger partial charge in [-0.25, -0.2) is 0 Å². The second kappa shape index (κ2) is 8.80. The monoisotopic (exact) mass is 342 g/mol. The number of nitrogens with zero attached hydrogens (tertiary/aromatic N) is 1. The molecule has 0 radical (unpaired) electrons. The lowest BCUT2D eigenvalue weighted by molar-refractivity contribution is -0.133. The number of nitrogens with two attached hydrogens (primary N) is 1. The van der Waals surface area contributed by atoms with E-state index in [4.69, 9.17) is 5.73 Å². The molecule has 0 aromatic heterocycles. The number of likely N-dealkylation sites (tertiary alicyclic amines) is 1. The Hall–Kier alpha value is -0.710. The van der Waals surface area contributed by atoms with Crippen LogP contribution in [0.1, 0.15) is 36.8 Å². The molecule has 1 amide bonds. The fourth-order valence-electron chi connectivity index (χ4n) is 3.19. The molecule has 1 heterocycles. The quantitative estimate of drug-likeness (QED) is 0.893. The second-order valence-electron chi connectivity index (χ2n) is 6.02. The maximum Gasteiger partial charge on any atom is 0.239 e. The number of hydrogen-bond acceptors (Lipinski definition) is 3. The Morgan fingerprint density at radius 2 is 2.14 bits per heavy atom. The lowest BCUT2D eigenvalue weighted by Gasteiger charge is -2.25. The van der Waals surface area contributed by atoms with Crippen LogP contribution in [0.15, 0.2) is 24.3 Å². The summed E-state index contributed by atoms with van der Waals surface area (Å²) in [6.45, 7) is 5.09. The minimum Gasteiger partial charge on any atom is -0.338 e. The van der Waals surface area contributed by atoms with Crippen LogP contribution in [0.5, 0.6) is 0 Å². The van der Waals surface area contributed by atoms with Gasteiger partial charge in [0.25, 0.3) is 0 Å². The van der Waals surface area contributed by atoms with Crippen molar-refractivity contribution in [3.05, 3.63) is 35.4 Å². The third-order valence-electron chi connectivity index (χ3n) is 4.44. The van der Waals surface area contributed by atoms with Crippen molar-refractivity contribution >= 4 is 30.1 Å². The zero-order chi connectivity index (χ0) is 15.4. The molecule has 124 valence electrons. The molecule has 0 saturated carbocycles. The average molecular weight is 343 g/mol. The van der Waals surface area contributed by atoms with E-state index in [0.717, 1.165) is 25.1 Å². The van der Waals surface area contributed by atoms with Crippen LogP contribution in [0.25, 0.3) is 0 Å². The summed E-state index contributed by atoms with van der Waals surface area (Å²) >= 11 is 1.74. The van der Waals surface area contributed by atoms with Crippen LogP contribution in [-0.4, -0.2) is 41.4 Å². The van der Waals surface area contributed by atoms with E-state index in [1.807, 2.05) is 11.2 Å². The Bertz CT molecular complexity index is 497. The zero-order valence-corrected chi connectivity index (χ0v) is 15.3. The van der Waals surface area contributed by atoms with Crippen molar-refractivity contribution in [3.63, 3.8) is 0 Å². The summed E-state index contributed by atoms with van der Waals surface area (Å²) in [6, 6.07) is 8.42. The van der Waals surface area contributed by atoms with E-state index in [9.17, 15) is 4.79 Å².